The number of aryl methyl sites for hydroxylation is 1. The highest BCUT2D eigenvalue weighted by molar-refractivity contribution is 5.89. The smallest absolute Gasteiger partial charge is 0.169 e. The minimum atomic E-state index is 0.220. The Morgan fingerprint density at radius 2 is 1.78 bits per heavy atom. The predicted octanol–water partition coefficient (Wildman–Crippen LogP) is 2.28. The van der Waals surface area contributed by atoms with Crippen molar-refractivity contribution in [3.8, 4) is 11.8 Å². The van der Waals surface area contributed by atoms with E-state index < -0.39 is 0 Å². The zero-order valence-corrected chi connectivity index (χ0v) is 10.0. The first kappa shape index (κ1) is 11.9. The van der Waals surface area contributed by atoms with Crippen LogP contribution in [0.2, 0.25) is 0 Å². The van der Waals surface area contributed by atoms with Gasteiger partial charge < -0.3 is 5.11 Å². The van der Waals surface area contributed by atoms with E-state index in [1.807, 2.05) is 36.1 Å². The molecule has 3 heteroatoms. The Bertz CT molecular complexity index is 604. The van der Waals surface area contributed by atoms with E-state index in [-0.39, 0.29) is 5.75 Å². The van der Waals surface area contributed by atoms with Gasteiger partial charge in [-0.25, -0.2) is 4.57 Å². The molecule has 2 aromatic rings. The van der Waals surface area contributed by atoms with Crippen LogP contribution in [0.3, 0.4) is 0 Å². The Kier molecular flexibility index (Phi) is 3.40. The van der Waals surface area contributed by atoms with Crippen LogP contribution < -0.4 is 4.57 Å². The minimum Gasteiger partial charge on any atom is -0.508 e. The number of hydrogen-bond donors (Lipinski definition) is 1. The number of allylic oxidation sites excluding steroid dienone is 1. The maximum atomic E-state index is 9.21. The first-order valence-electron chi connectivity index (χ1n) is 5.55. The molecule has 0 radical (unpaired) electrons. The van der Waals surface area contributed by atoms with Gasteiger partial charge in [-0.05, 0) is 23.8 Å². The van der Waals surface area contributed by atoms with E-state index in [1.165, 1.54) is 0 Å². The quantitative estimate of drug-likeness (QED) is 0.643. The van der Waals surface area contributed by atoms with E-state index in [1.54, 1.807) is 30.3 Å². The van der Waals surface area contributed by atoms with Crippen molar-refractivity contribution < 1.29 is 9.67 Å². The van der Waals surface area contributed by atoms with Gasteiger partial charge in [-0.3, -0.25) is 0 Å². The summed E-state index contributed by atoms with van der Waals surface area (Å²) in [6, 6.07) is 12.7. The van der Waals surface area contributed by atoms with Gasteiger partial charge in [-0.15, -0.1) is 0 Å². The van der Waals surface area contributed by atoms with E-state index in [2.05, 4.69) is 6.07 Å². The lowest BCUT2D eigenvalue weighted by Gasteiger charge is -1.99. The zero-order chi connectivity index (χ0) is 13.0. The zero-order valence-electron chi connectivity index (χ0n) is 10.0. The average Bonchev–Trinajstić information content (AvgIpc) is 2.39. The molecule has 3 nitrogen and oxygen atoms in total. The van der Waals surface area contributed by atoms with Crippen molar-refractivity contribution in [1.29, 1.82) is 5.26 Å². The van der Waals surface area contributed by atoms with Gasteiger partial charge in [0.05, 0.1) is 11.6 Å². The number of nitriles is 1. The van der Waals surface area contributed by atoms with Gasteiger partial charge >= 0.3 is 0 Å². The molecule has 18 heavy (non-hydrogen) atoms. The number of hydrogen-bond acceptors (Lipinski definition) is 2. The third-order valence-corrected chi connectivity index (χ3v) is 2.61. The SMILES string of the molecule is C[n+]1ccc(/C(C#N)=C/c2ccc(O)cc2)cc1. The lowest BCUT2D eigenvalue weighted by Crippen LogP contribution is -2.25. The van der Waals surface area contributed by atoms with E-state index >= 15 is 0 Å². The van der Waals surface area contributed by atoms with E-state index in [4.69, 9.17) is 0 Å². The van der Waals surface area contributed by atoms with Gasteiger partial charge in [0, 0.05) is 17.7 Å². The van der Waals surface area contributed by atoms with Crippen LogP contribution in [0, 0.1) is 11.3 Å². The summed E-state index contributed by atoms with van der Waals surface area (Å²) in [4.78, 5) is 0. The van der Waals surface area contributed by atoms with Crippen molar-refractivity contribution >= 4 is 11.6 Å². The largest absolute Gasteiger partial charge is 0.508 e. The molecule has 1 aromatic heterocycles. The highest BCUT2D eigenvalue weighted by Gasteiger charge is 2.03. The van der Waals surface area contributed by atoms with Crippen LogP contribution in [-0.4, -0.2) is 5.11 Å². The molecule has 0 saturated carbocycles. The minimum absolute atomic E-state index is 0.220. The van der Waals surface area contributed by atoms with Gasteiger partial charge in [-0.2, -0.15) is 5.26 Å². The first-order valence-corrected chi connectivity index (χ1v) is 5.55. The molecule has 0 bridgehead atoms. The molecule has 1 aromatic carbocycles. The summed E-state index contributed by atoms with van der Waals surface area (Å²) in [6.07, 6.45) is 5.60. The van der Waals surface area contributed by atoms with Crippen LogP contribution in [-0.2, 0) is 7.05 Å². The number of aromatic hydroxyl groups is 1. The van der Waals surface area contributed by atoms with Crippen molar-refractivity contribution in [3.63, 3.8) is 0 Å². The lowest BCUT2D eigenvalue weighted by molar-refractivity contribution is -0.671. The molecule has 0 atom stereocenters. The van der Waals surface area contributed by atoms with Crippen LogP contribution in [0.15, 0.2) is 48.8 Å². The standard InChI is InChI=1S/C15H12N2O/c1-17-8-6-13(7-9-17)14(11-16)10-12-2-4-15(18)5-3-12/h2-10H,1H3/p+1. The Hall–Kier alpha value is -2.60. The normalized spacial score (nSPS) is 11.0. The average molecular weight is 237 g/mol. The Morgan fingerprint density at radius 3 is 2.33 bits per heavy atom. The molecule has 0 fully saturated rings. The van der Waals surface area contributed by atoms with Crippen molar-refractivity contribution in [2.45, 2.75) is 0 Å². The number of phenols is 1. The molecule has 1 N–H and O–H groups in total. The molecule has 0 spiro atoms. The lowest BCUT2D eigenvalue weighted by atomic mass is 10.1. The van der Waals surface area contributed by atoms with Crippen molar-refractivity contribution in [2.75, 3.05) is 0 Å². The van der Waals surface area contributed by atoms with Crippen LogP contribution in [0.1, 0.15) is 11.1 Å². The molecule has 0 aliphatic carbocycles. The fourth-order valence-electron chi connectivity index (χ4n) is 1.60. The Balaban J connectivity index is 2.37. The summed E-state index contributed by atoms with van der Waals surface area (Å²) in [5, 5.41) is 18.4. The van der Waals surface area contributed by atoms with Crippen LogP contribution in [0.4, 0.5) is 0 Å². The first-order chi connectivity index (χ1) is 8.69. The van der Waals surface area contributed by atoms with Crippen LogP contribution >= 0.6 is 0 Å². The van der Waals surface area contributed by atoms with Crippen molar-refractivity contribution in [2.24, 2.45) is 7.05 Å². The molecule has 0 aliphatic heterocycles. The number of rotatable bonds is 2. The Labute approximate surface area is 106 Å². The molecule has 1 heterocycles. The molecule has 0 saturated heterocycles. The highest BCUT2D eigenvalue weighted by atomic mass is 16.3. The molecular weight excluding hydrogens is 224 g/mol. The van der Waals surface area contributed by atoms with E-state index in [9.17, 15) is 10.4 Å². The maximum Gasteiger partial charge on any atom is 0.169 e. The fraction of sp³-hybridized carbons (Fsp3) is 0.0667. The summed E-state index contributed by atoms with van der Waals surface area (Å²) >= 11 is 0. The maximum absolute atomic E-state index is 9.21. The fourth-order valence-corrected chi connectivity index (χ4v) is 1.60. The molecular formula is C15H13N2O+. The summed E-state index contributed by atoms with van der Waals surface area (Å²) in [5.41, 5.74) is 2.36. The van der Waals surface area contributed by atoms with Gasteiger partial charge in [0.25, 0.3) is 0 Å². The van der Waals surface area contributed by atoms with Crippen LogP contribution in [0.5, 0.6) is 5.75 Å². The second-order valence-electron chi connectivity index (χ2n) is 4.01. The molecule has 0 amide bonds. The number of aromatic nitrogens is 1. The van der Waals surface area contributed by atoms with Gasteiger partial charge in [0.15, 0.2) is 12.4 Å². The van der Waals surface area contributed by atoms with E-state index in [0.29, 0.717) is 5.57 Å². The van der Waals surface area contributed by atoms with Gasteiger partial charge in [0.2, 0.25) is 0 Å². The van der Waals surface area contributed by atoms with Gasteiger partial charge in [0.1, 0.15) is 12.8 Å². The third kappa shape index (κ3) is 2.74. The second-order valence-corrected chi connectivity index (χ2v) is 4.01. The summed E-state index contributed by atoms with van der Waals surface area (Å²) in [7, 11) is 1.93. The number of pyridine rings is 1. The number of nitrogens with zero attached hydrogens (tertiary/aromatic N) is 2. The second kappa shape index (κ2) is 5.15. The molecule has 88 valence electrons. The van der Waals surface area contributed by atoms with E-state index in [0.717, 1.165) is 11.1 Å². The highest BCUT2D eigenvalue weighted by Crippen LogP contribution is 2.18. The van der Waals surface area contributed by atoms with Gasteiger partial charge in [-0.1, -0.05) is 12.1 Å². The van der Waals surface area contributed by atoms with Crippen LogP contribution in [0.25, 0.3) is 11.6 Å². The number of phenolic OH excluding ortho intramolecular Hbond substituents is 1. The number of benzene rings is 1. The Morgan fingerprint density at radius 1 is 1.17 bits per heavy atom. The summed E-state index contributed by atoms with van der Waals surface area (Å²) in [5.74, 6) is 0.220. The molecule has 0 aliphatic rings. The summed E-state index contributed by atoms with van der Waals surface area (Å²) in [6.45, 7) is 0. The van der Waals surface area contributed by atoms with Crippen molar-refractivity contribution in [1.82, 2.24) is 0 Å². The predicted molar refractivity (Wildman–Crippen MR) is 69.2 cm³/mol. The van der Waals surface area contributed by atoms with Crippen molar-refractivity contribution in [3.05, 3.63) is 59.9 Å². The third-order valence-electron chi connectivity index (χ3n) is 2.61. The summed E-state index contributed by atoms with van der Waals surface area (Å²) < 4.78 is 1.92. The monoisotopic (exact) mass is 237 g/mol. The molecule has 0 unspecified atom stereocenters. The molecule has 2 rings (SSSR count). The topological polar surface area (TPSA) is 47.9 Å².